The highest BCUT2D eigenvalue weighted by Crippen LogP contribution is 2.28. The van der Waals surface area contributed by atoms with Crippen LogP contribution in [0.15, 0.2) is 36.5 Å². The molecule has 0 saturated carbocycles. The molecule has 156 valence electrons. The number of H-pyrrole nitrogens is 1. The quantitative estimate of drug-likeness (QED) is 0.678. The summed E-state index contributed by atoms with van der Waals surface area (Å²) >= 11 is 0. The van der Waals surface area contributed by atoms with E-state index in [1.165, 1.54) is 5.56 Å². The zero-order valence-electron chi connectivity index (χ0n) is 17.3. The molecule has 1 saturated heterocycles. The first-order chi connectivity index (χ1) is 14.5. The van der Waals surface area contributed by atoms with Crippen molar-refractivity contribution in [3.05, 3.63) is 64.7 Å². The molecule has 1 fully saturated rings. The molecule has 1 aliphatic heterocycles. The Morgan fingerprint density at radius 3 is 2.70 bits per heavy atom. The number of nitrogens with zero attached hydrogens (tertiary/aromatic N) is 4. The zero-order chi connectivity index (χ0) is 21.3. The number of aromatic nitrogens is 4. The van der Waals surface area contributed by atoms with Crippen LogP contribution in [0.3, 0.4) is 0 Å². The lowest BCUT2D eigenvalue weighted by atomic mass is 9.94. The molecule has 8 nitrogen and oxygen atoms in total. The number of primary amides is 1. The van der Waals surface area contributed by atoms with Crippen molar-refractivity contribution in [2.75, 3.05) is 13.1 Å². The van der Waals surface area contributed by atoms with E-state index >= 15 is 0 Å². The van der Waals surface area contributed by atoms with Crippen LogP contribution in [0, 0.1) is 6.92 Å². The number of hydrogen-bond donors (Lipinski definition) is 2. The first-order valence-corrected chi connectivity index (χ1v) is 10.3. The number of aryl methyl sites for hydroxylation is 1. The van der Waals surface area contributed by atoms with Gasteiger partial charge in [-0.3, -0.25) is 14.7 Å². The molecule has 30 heavy (non-hydrogen) atoms. The van der Waals surface area contributed by atoms with Crippen molar-refractivity contribution in [1.82, 2.24) is 24.9 Å². The maximum absolute atomic E-state index is 13.3. The van der Waals surface area contributed by atoms with E-state index < -0.39 is 5.91 Å². The van der Waals surface area contributed by atoms with Crippen molar-refractivity contribution in [2.24, 2.45) is 5.73 Å². The molecule has 2 amide bonds. The number of aromatic amines is 1. The summed E-state index contributed by atoms with van der Waals surface area (Å²) in [5.74, 6) is -0.470. The summed E-state index contributed by atoms with van der Waals surface area (Å²) in [5.41, 5.74) is 10.0. The van der Waals surface area contributed by atoms with Crippen molar-refractivity contribution in [2.45, 2.75) is 39.0 Å². The average Bonchev–Trinajstić information content (AvgIpc) is 3.41. The van der Waals surface area contributed by atoms with Crippen LogP contribution in [0.4, 0.5) is 0 Å². The van der Waals surface area contributed by atoms with Crippen LogP contribution in [-0.2, 0) is 6.42 Å². The van der Waals surface area contributed by atoms with Gasteiger partial charge in [0.1, 0.15) is 5.69 Å². The number of nitrogens with two attached hydrogens (primary N) is 1. The minimum absolute atomic E-state index is 0.00967. The third-order valence-corrected chi connectivity index (χ3v) is 5.71. The Morgan fingerprint density at radius 2 is 2.03 bits per heavy atom. The monoisotopic (exact) mass is 406 g/mol. The van der Waals surface area contributed by atoms with Crippen molar-refractivity contribution in [3.8, 4) is 5.69 Å². The Hall–Kier alpha value is -3.42. The van der Waals surface area contributed by atoms with Crippen LogP contribution in [0.2, 0.25) is 0 Å². The van der Waals surface area contributed by atoms with Crippen molar-refractivity contribution < 1.29 is 9.59 Å². The first-order valence-electron chi connectivity index (χ1n) is 10.3. The van der Waals surface area contributed by atoms with Gasteiger partial charge in [-0.25, -0.2) is 4.68 Å². The van der Waals surface area contributed by atoms with Gasteiger partial charge >= 0.3 is 0 Å². The van der Waals surface area contributed by atoms with E-state index in [1.54, 1.807) is 12.3 Å². The maximum Gasteiger partial charge on any atom is 0.269 e. The van der Waals surface area contributed by atoms with Gasteiger partial charge in [0.25, 0.3) is 11.8 Å². The summed E-state index contributed by atoms with van der Waals surface area (Å²) in [6, 6.07) is 9.80. The van der Waals surface area contributed by atoms with Gasteiger partial charge in [-0.2, -0.15) is 10.2 Å². The van der Waals surface area contributed by atoms with Gasteiger partial charge < -0.3 is 10.6 Å². The van der Waals surface area contributed by atoms with E-state index in [0.717, 1.165) is 29.9 Å². The fraction of sp³-hybridized carbons (Fsp3) is 0.364. The molecule has 0 radical (unpaired) electrons. The van der Waals surface area contributed by atoms with Gasteiger partial charge in [0.2, 0.25) is 0 Å². The highest BCUT2D eigenvalue weighted by molar-refractivity contribution is 5.95. The number of carbonyl (C=O) groups excluding carboxylic acids is 2. The summed E-state index contributed by atoms with van der Waals surface area (Å²) in [6.45, 7) is 5.35. The van der Waals surface area contributed by atoms with Crippen molar-refractivity contribution in [1.29, 1.82) is 0 Å². The maximum atomic E-state index is 13.3. The Bertz CT molecular complexity index is 1070. The molecule has 0 aliphatic carbocycles. The van der Waals surface area contributed by atoms with Crippen LogP contribution < -0.4 is 5.73 Å². The molecule has 1 aliphatic rings. The molecular weight excluding hydrogens is 380 g/mol. The Balaban J connectivity index is 1.56. The third-order valence-electron chi connectivity index (χ3n) is 5.71. The molecule has 0 bridgehead atoms. The smallest absolute Gasteiger partial charge is 0.269 e. The van der Waals surface area contributed by atoms with Crippen LogP contribution in [0.1, 0.15) is 63.5 Å². The van der Waals surface area contributed by atoms with Crippen LogP contribution in [-0.4, -0.2) is 49.8 Å². The number of amides is 2. The second-order valence-electron chi connectivity index (χ2n) is 7.77. The summed E-state index contributed by atoms with van der Waals surface area (Å²) < 4.78 is 1.85. The second kappa shape index (κ2) is 8.14. The minimum Gasteiger partial charge on any atom is -0.364 e. The van der Waals surface area contributed by atoms with Gasteiger partial charge in [-0.05, 0) is 44.4 Å². The van der Waals surface area contributed by atoms with Crippen LogP contribution in [0.5, 0.6) is 0 Å². The highest BCUT2D eigenvalue weighted by atomic mass is 16.2. The standard InChI is InChI=1S/C22H26N6O2/c1-3-20-17(12-24-28(20)16-8-6-14(2)7-9-16)22(30)27-10-4-5-15(13-27)18-11-19(21(23)29)26-25-18/h6-9,11-12,15H,3-5,10,13H2,1-2H3,(H2,23,29)(H,25,26). The van der Waals surface area contributed by atoms with E-state index in [9.17, 15) is 9.59 Å². The molecule has 3 aromatic rings. The van der Waals surface area contributed by atoms with Gasteiger partial charge in [0, 0.05) is 24.7 Å². The number of likely N-dealkylation sites (tertiary alicyclic amines) is 1. The third kappa shape index (κ3) is 3.72. The van der Waals surface area contributed by atoms with Crippen LogP contribution in [0.25, 0.3) is 5.69 Å². The fourth-order valence-corrected chi connectivity index (χ4v) is 4.06. The predicted octanol–water partition coefficient (Wildman–Crippen LogP) is 2.58. The molecule has 4 rings (SSSR count). The fourth-order valence-electron chi connectivity index (χ4n) is 4.06. The van der Waals surface area contributed by atoms with Crippen molar-refractivity contribution in [3.63, 3.8) is 0 Å². The molecule has 1 aromatic carbocycles. The van der Waals surface area contributed by atoms with E-state index in [0.29, 0.717) is 25.1 Å². The molecule has 8 heteroatoms. The summed E-state index contributed by atoms with van der Waals surface area (Å²) in [6.07, 6.45) is 4.18. The predicted molar refractivity (Wildman–Crippen MR) is 113 cm³/mol. The minimum atomic E-state index is -0.558. The van der Waals surface area contributed by atoms with Gasteiger partial charge in [-0.1, -0.05) is 24.6 Å². The largest absolute Gasteiger partial charge is 0.364 e. The number of benzene rings is 1. The summed E-state index contributed by atoms with van der Waals surface area (Å²) in [5, 5.41) is 11.4. The first kappa shape index (κ1) is 19.9. The number of carbonyl (C=O) groups is 2. The molecule has 0 spiro atoms. The van der Waals surface area contributed by atoms with E-state index in [1.807, 2.05) is 47.7 Å². The second-order valence-corrected chi connectivity index (χ2v) is 7.77. The van der Waals surface area contributed by atoms with Crippen LogP contribution >= 0.6 is 0 Å². The molecule has 1 unspecified atom stereocenters. The highest BCUT2D eigenvalue weighted by Gasteiger charge is 2.29. The molecular formula is C22H26N6O2. The Morgan fingerprint density at radius 1 is 1.27 bits per heavy atom. The summed E-state index contributed by atoms with van der Waals surface area (Å²) in [4.78, 5) is 26.5. The lowest BCUT2D eigenvalue weighted by molar-refractivity contribution is 0.0704. The molecule has 3 heterocycles. The van der Waals surface area contributed by atoms with Gasteiger partial charge in [0.15, 0.2) is 0 Å². The SMILES string of the molecule is CCc1c(C(=O)N2CCCC(c3cc(C(N)=O)n[nH]3)C2)cnn1-c1ccc(C)cc1. The lowest BCUT2D eigenvalue weighted by Gasteiger charge is -2.32. The number of nitrogens with one attached hydrogen (secondary N) is 1. The number of rotatable bonds is 5. The van der Waals surface area contributed by atoms with Gasteiger partial charge in [-0.15, -0.1) is 0 Å². The van der Waals surface area contributed by atoms with E-state index in [2.05, 4.69) is 15.3 Å². The van der Waals surface area contributed by atoms with Crippen molar-refractivity contribution >= 4 is 11.8 Å². The Kier molecular flexibility index (Phi) is 5.39. The number of hydrogen-bond acceptors (Lipinski definition) is 4. The molecule has 3 N–H and O–H groups in total. The van der Waals surface area contributed by atoms with Gasteiger partial charge in [0.05, 0.1) is 23.1 Å². The topological polar surface area (TPSA) is 110 Å². The van der Waals surface area contributed by atoms with E-state index in [4.69, 9.17) is 5.73 Å². The average molecular weight is 406 g/mol. The summed E-state index contributed by atoms with van der Waals surface area (Å²) in [7, 11) is 0. The van der Waals surface area contributed by atoms with E-state index in [-0.39, 0.29) is 17.5 Å². The molecule has 2 aromatic heterocycles. The Labute approximate surface area is 175 Å². The number of piperidine rings is 1. The molecule has 1 atom stereocenters. The lowest BCUT2D eigenvalue weighted by Crippen LogP contribution is -2.39. The normalized spacial score (nSPS) is 16.6. The zero-order valence-corrected chi connectivity index (χ0v) is 17.3.